The van der Waals surface area contributed by atoms with Gasteiger partial charge in [0.05, 0.1) is 11.4 Å². The fourth-order valence-corrected chi connectivity index (χ4v) is 2.33. The predicted octanol–water partition coefficient (Wildman–Crippen LogP) is 4.32. The Morgan fingerprint density at radius 2 is 1.70 bits per heavy atom. The number of nitrogen functional groups attached to an aromatic ring is 1. The molecule has 0 fully saturated rings. The van der Waals surface area contributed by atoms with Crippen molar-refractivity contribution >= 4 is 11.4 Å². The van der Waals surface area contributed by atoms with Crippen LogP contribution in [0.25, 0.3) is 0 Å². The zero-order valence-corrected chi connectivity index (χ0v) is 12.6. The molecule has 3 N–H and O–H groups in total. The van der Waals surface area contributed by atoms with Gasteiger partial charge in [-0.1, -0.05) is 30.3 Å². The van der Waals surface area contributed by atoms with Gasteiger partial charge >= 0.3 is 0 Å². The highest BCUT2D eigenvalue weighted by Crippen LogP contribution is 2.24. The van der Waals surface area contributed by atoms with E-state index >= 15 is 0 Å². The molecule has 0 aromatic heterocycles. The van der Waals surface area contributed by atoms with Crippen LogP contribution in [0.1, 0.15) is 30.0 Å². The highest BCUT2D eigenvalue weighted by molar-refractivity contribution is 5.68. The molecule has 2 nitrogen and oxygen atoms in total. The molecule has 106 valence electrons. The van der Waals surface area contributed by atoms with Crippen molar-refractivity contribution in [1.29, 1.82) is 0 Å². The summed E-state index contributed by atoms with van der Waals surface area (Å²) in [5.74, 6) is 0. The monoisotopic (exact) mass is 268 g/mol. The summed E-state index contributed by atoms with van der Waals surface area (Å²) in [6, 6.07) is 15.2. The van der Waals surface area contributed by atoms with Crippen molar-refractivity contribution in [3.63, 3.8) is 0 Å². The summed E-state index contributed by atoms with van der Waals surface area (Å²) >= 11 is 0. The summed E-state index contributed by atoms with van der Waals surface area (Å²) in [4.78, 5) is 0. The Bertz CT molecular complexity index is 561. The average molecular weight is 268 g/mol. The lowest BCUT2D eigenvalue weighted by atomic mass is 10.0. The second-order valence-corrected chi connectivity index (χ2v) is 5.59. The summed E-state index contributed by atoms with van der Waals surface area (Å²) < 4.78 is 0. The third kappa shape index (κ3) is 3.77. The lowest BCUT2D eigenvalue weighted by molar-refractivity contribution is 0.706. The maximum absolute atomic E-state index is 6.08. The van der Waals surface area contributed by atoms with Gasteiger partial charge in [0, 0.05) is 6.04 Å². The first kappa shape index (κ1) is 14.4. The molecular formula is C18H24N2. The van der Waals surface area contributed by atoms with E-state index < -0.39 is 0 Å². The molecule has 0 heterocycles. The molecule has 0 aliphatic heterocycles. The number of nitrogens with two attached hydrogens (primary N) is 1. The van der Waals surface area contributed by atoms with E-state index in [4.69, 9.17) is 5.73 Å². The van der Waals surface area contributed by atoms with Gasteiger partial charge in [-0.25, -0.2) is 0 Å². The molecule has 2 aromatic carbocycles. The Kier molecular flexibility index (Phi) is 4.67. The molecule has 0 amide bonds. The minimum Gasteiger partial charge on any atom is -0.397 e. The van der Waals surface area contributed by atoms with Crippen molar-refractivity contribution in [1.82, 2.24) is 0 Å². The van der Waals surface area contributed by atoms with Crippen LogP contribution in [0.5, 0.6) is 0 Å². The van der Waals surface area contributed by atoms with Crippen LogP contribution in [0.15, 0.2) is 42.5 Å². The first-order valence-electron chi connectivity index (χ1n) is 7.23. The van der Waals surface area contributed by atoms with Gasteiger partial charge in [0.2, 0.25) is 0 Å². The van der Waals surface area contributed by atoms with Crippen LogP contribution >= 0.6 is 0 Å². The van der Waals surface area contributed by atoms with E-state index in [1.807, 2.05) is 6.07 Å². The van der Waals surface area contributed by atoms with Gasteiger partial charge in [0.15, 0.2) is 0 Å². The number of nitrogens with one attached hydrogen (secondary N) is 1. The SMILES string of the molecule is Cc1cc(N)c(NC(C)CCc2ccccc2)cc1C. The maximum Gasteiger partial charge on any atom is 0.0578 e. The van der Waals surface area contributed by atoms with Gasteiger partial charge in [-0.2, -0.15) is 0 Å². The third-order valence-corrected chi connectivity index (χ3v) is 3.78. The molecular weight excluding hydrogens is 244 g/mol. The second-order valence-electron chi connectivity index (χ2n) is 5.59. The number of hydrogen-bond donors (Lipinski definition) is 2. The third-order valence-electron chi connectivity index (χ3n) is 3.78. The minimum atomic E-state index is 0.402. The molecule has 0 saturated heterocycles. The number of anilines is 2. The predicted molar refractivity (Wildman–Crippen MR) is 88.2 cm³/mol. The molecule has 0 spiro atoms. The Balaban J connectivity index is 1.95. The van der Waals surface area contributed by atoms with E-state index in [-0.39, 0.29) is 0 Å². The standard InChI is InChI=1S/C18H24N2/c1-13-11-17(19)18(12-14(13)2)20-15(3)9-10-16-7-5-4-6-8-16/h4-8,11-12,15,20H,9-10,19H2,1-3H3. The number of rotatable bonds is 5. The Hall–Kier alpha value is -1.96. The van der Waals surface area contributed by atoms with E-state index in [0.717, 1.165) is 24.2 Å². The summed E-state index contributed by atoms with van der Waals surface area (Å²) in [6.45, 7) is 6.42. The van der Waals surface area contributed by atoms with Crippen LogP contribution in [0.2, 0.25) is 0 Å². The van der Waals surface area contributed by atoms with E-state index in [1.54, 1.807) is 0 Å². The van der Waals surface area contributed by atoms with Crippen molar-refractivity contribution in [2.75, 3.05) is 11.1 Å². The normalized spacial score (nSPS) is 12.2. The van der Waals surface area contributed by atoms with Gasteiger partial charge in [-0.15, -0.1) is 0 Å². The van der Waals surface area contributed by atoms with Gasteiger partial charge < -0.3 is 11.1 Å². The van der Waals surface area contributed by atoms with Crippen LogP contribution in [0.4, 0.5) is 11.4 Å². The zero-order valence-electron chi connectivity index (χ0n) is 12.6. The summed E-state index contributed by atoms with van der Waals surface area (Å²) in [7, 11) is 0. The van der Waals surface area contributed by atoms with Crippen LogP contribution in [-0.2, 0) is 6.42 Å². The Morgan fingerprint density at radius 3 is 2.40 bits per heavy atom. The van der Waals surface area contributed by atoms with Crippen LogP contribution in [-0.4, -0.2) is 6.04 Å². The molecule has 2 aromatic rings. The summed E-state index contributed by atoms with van der Waals surface area (Å²) in [6.07, 6.45) is 2.18. The molecule has 1 atom stereocenters. The van der Waals surface area contributed by atoms with E-state index in [0.29, 0.717) is 6.04 Å². The van der Waals surface area contributed by atoms with Crippen LogP contribution < -0.4 is 11.1 Å². The lowest BCUT2D eigenvalue weighted by Gasteiger charge is -2.18. The van der Waals surface area contributed by atoms with Gasteiger partial charge in [0.25, 0.3) is 0 Å². The fourth-order valence-electron chi connectivity index (χ4n) is 2.33. The fraction of sp³-hybridized carbons (Fsp3) is 0.333. The maximum atomic E-state index is 6.08. The second kappa shape index (κ2) is 6.47. The van der Waals surface area contributed by atoms with Crippen molar-refractivity contribution in [3.8, 4) is 0 Å². The highest BCUT2D eigenvalue weighted by Gasteiger charge is 2.07. The highest BCUT2D eigenvalue weighted by atomic mass is 14.9. The van der Waals surface area contributed by atoms with Crippen molar-refractivity contribution in [3.05, 3.63) is 59.2 Å². The van der Waals surface area contributed by atoms with Gasteiger partial charge in [0.1, 0.15) is 0 Å². The summed E-state index contributed by atoms with van der Waals surface area (Å²) in [5.41, 5.74) is 11.9. The van der Waals surface area contributed by atoms with Crippen molar-refractivity contribution in [2.24, 2.45) is 0 Å². The quantitative estimate of drug-likeness (QED) is 0.793. The minimum absolute atomic E-state index is 0.402. The van der Waals surface area contributed by atoms with E-state index in [2.05, 4.69) is 62.5 Å². The number of aryl methyl sites for hydroxylation is 3. The zero-order chi connectivity index (χ0) is 14.5. The molecule has 0 aliphatic carbocycles. The van der Waals surface area contributed by atoms with Gasteiger partial charge in [-0.3, -0.25) is 0 Å². The largest absolute Gasteiger partial charge is 0.397 e. The van der Waals surface area contributed by atoms with Crippen molar-refractivity contribution < 1.29 is 0 Å². The molecule has 20 heavy (non-hydrogen) atoms. The molecule has 2 rings (SSSR count). The number of hydrogen-bond acceptors (Lipinski definition) is 2. The molecule has 0 radical (unpaired) electrons. The van der Waals surface area contributed by atoms with E-state index in [1.165, 1.54) is 16.7 Å². The molecule has 2 heteroatoms. The van der Waals surface area contributed by atoms with Crippen LogP contribution in [0.3, 0.4) is 0 Å². The summed E-state index contributed by atoms with van der Waals surface area (Å²) in [5, 5.41) is 3.52. The smallest absolute Gasteiger partial charge is 0.0578 e. The first-order chi connectivity index (χ1) is 9.56. The molecule has 0 bridgehead atoms. The van der Waals surface area contributed by atoms with Crippen LogP contribution in [0, 0.1) is 13.8 Å². The molecule has 0 aliphatic rings. The number of benzene rings is 2. The Morgan fingerprint density at radius 1 is 1.05 bits per heavy atom. The Labute approximate surface area is 122 Å². The first-order valence-corrected chi connectivity index (χ1v) is 7.23. The average Bonchev–Trinajstić information content (AvgIpc) is 2.44. The molecule has 0 saturated carbocycles. The molecule has 1 unspecified atom stereocenters. The topological polar surface area (TPSA) is 38.0 Å². The van der Waals surface area contributed by atoms with Gasteiger partial charge in [-0.05, 0) is 62.4 Å². The van der Waals surface area contributed by atoms with Crippen molar-refractivity contribution in [2.45, 2.75) is 39.7 Å². The van der Waals surface area contributed by atoms with E-state index in [9.17, 15) is 0 Å². The lowest BCUT2D eigenvalue weighted by Crippen LogP contribution is -2.17.